The number of carboxylic acids is 1. The van der Waals surface area contributed by atoms with E-state index in [0.717, 1.165) is 23.2 Å². The van der Waals surface area contributed by atoms with Gasteiger partial charge in [-0.05, 0) is 12.8 Å². The van der Waals surface area contributed by atoms with E-state index < -0.39 is 5.97 Å². The van der Waals surface area contributed by atoms with E-state index in [1.165, 1.54) is 24.2 Å². The Hall–Kier alpha value is -1.17. The van der Waals surface area contributed by atoms with Gasteiger partial charge in [0.15, 0.2) is 0 Å². The predicted molar refractivity (Wildman–Crippen MR) is 57.3 cm³/mol. The lowest BCUT2D eigenvalue weighted by Crippen LogP contribution is -2.17. The first-order valence-corrected chi connectivity index (χ1v) is 5.86. The van der Waals surface area contributed by atoms with Crippen LogP contribution in [0.4, 0.5) is 5.13 Å². The van der Waals surface area contributed by atoms with E-state index in [-0.39, 0.29) is 6.42 Å². The summed E-state index contributed by atoms with van der Waals surface area (Å²) in [5.41, 5.74) is 0. The Balaban J connectivity index is 1.94. The number of aryl methyl sites for hydroxylation is 1. The summed E-state index contributed by atoms with van der Waals surface area (Å²) in [6.07, 6.45) is 3.05. The third-order valence-corrected chi connectivity index (χ3v) is 3.43. The van der Waals surface area contributed by atoms with E-state index in [1.54, 1.807) is 0 Å². The molecule has 6 heteroatoms. The van der Waals surface area contributed by atoms with Crippen molar-refractivity contribution in [2.45, 2.75) is 25.7 Å². The van der Waals surface area contributed by atoms with E-state index >= 15 is 0 Å². The normalized spacial score (nSPS) is 15.9. The minimum atomic E-state index is -0.784. The zero-order valence-electron chi connectivity index (χ0n) is 8.35. The van der Waals surface area contributed by atoms with Crippen molar-refractivity contribution in [3.8, 4) is 0 Å². The second-order valence-electron chi connectivity index (χ2n) is 3.57. The largest absolute Gasteiger partial charge is 0.481 e. The smallest absolute Gasteiger partial charge is 0.303 e. The van der Waals surface area contributed by atoms with Crippen LogP contribution < -0.4 is 4.90 Å². The van der Waals surface area contributed by atoms with Crippen molar-refractivity contribution >= 4 is 22.4 Å². The summed E-state index contributed by atoms with van der Waals surface area (Å²) in [5.74, 6) is -0.784. The fourth-order valence-electron chi connectivity index (χ4n) is 1.60. The lowest BCUT2D eigenvalue weighted by atomic mass is 10.3. The quantitative estimate of drug-likeness (QED) is 0.836. The van der Waals surface area contributed by atoms with Gasteiger partial charge in [0, 0.05) is 19.5 Å². The van der Waals surface area contributed by atoms with Crippen molar-refractivity contribution in [1.82, 2.24) is 10.2 Å². The third-order valence-electron chi connectivity index (χ3n) is 2.39. The molecule has 1 fully saturated rings. The molecule has 0 saturated carbocycles. The van der Waals surface area contributed by atoms with Crippen LogP contribution in [-0.2, 0) is 11.2 Å². The minimum absolute atomic E-state index is 0.134. The lowest BCUT2D eigenvalue weighted by molar-refractivity contribution is -0.136. The number of carboxylic acid groups (broad SMARTS) is 1. The van der Waals surface area contributed by atoms with Crippen molar-refractivity contribution in [3.63, 3.8) is 0 Å². The highest BCUT2D eigenvalue weighted by molar-refractivity contribution is 7.15. The van der Waals surface area contributed by atoms with Crippen molar-refractivity contribution in [1.29, 1.82) is 0 Å². The molecule has 5 nitrogen and oxygen atoms in total. The maximum atomic E-state index is 10.4. The van der Waals surface area contributed by atoms with Crippen LogP contribution in [0.15, 0.2) is 0 Å². The number of hydrogen-bond acceptors (Lipinski definition) is 5. The monoisotopic (exact) mass is 227 g/mol. The van der Waals surface area contributed by atoms with Gasteiger partial charge in [0.2, 0.25) is 5.13 Å². The third kappa shape index (κ3) is 2.65. The highest BCUT2D eigenvalue weighted by Gasteiger charge is 2.16. The molecular formula is C9H13N3O2S. The van der Waals surface area contributed by atoms with E-state index in [2.05, 4.69) is 15.1 Å². The van der Waals surface area contributed by atoms with Crippen LogP contribution in [0.25, 0.3) is 0 Å². The molecule has 1 aliphatic rings. The topological polar surface area (TPSA) is 66.3 Å². The highest BCUT2D eigenvalue weighted by Crippen LogP contribution is 2.24. The minimum Gasteiger partial charge on any atom is -0.481 e. The lowest BCUT2D eigenvalue weighted by Gasteiger charge is -2.10. The van der Waals surface area contributed by atoms with Crippen LogP contribution in [0.5, 0.6) is 0 Å². The maximum Gasteiger partial charge on any atom is 0.303 e. The first-order chi connectivity index (χ1) is 7.25. The second-order valence-corrected chi connectivity index (χ2v) is 4.61. The van der Waals surface area contributed by atoms with Gasteiger partial charge in [-0.1, -0.05) is 11.3 Å². The predicted octanol–water partition coefficient (Wildman–Crippen LogP) is 1.16. The summed E-state index contributed by atoms with van der Waals surface area (Å²) in [6.45, 7) is 2.10. The number of rotatable bonds is 4. The SMILES string of the molecule is O=C(O)CCc1nnc(N2CCCC2)s1. The van der Waals surface area contributed by atoms with Gasteiger partial charge in [0.1, 0.15) is 5.01 Å². The second kappa shape index (κ2) is 4.57. The molecule has 1 saturated heterocycles. The molecule has 1 aliphatic heterocycles. The van der Waals surface area contributed by atoms with E-state index in [1.807, 2.05) is 0 Å². The van der Waals surface area contributed by atoms with Gasteiger partial charge in [-0.2, -0.15) is 0 Å². The van der Waals surface area contributed by atoms with Crippen LogP contribution in [0.1, 0.15) is 24.3 Å². The Bertz CT molecular complexity index is 347. The van der Waals surface area contributed by atoms with Crippen LogP contribution in [-0.4, -0.2) is 34.4 Å². The molecule has 0 aliphatic carbocycles. The molecule has 0 atom stereocenters. The fraction of sp³-hybridized carbons (Fsp3) is 0.667. The zero-order valence-corrected chi connectivity index (χ0v) is 9.16. The van der Waals surface area contributed by atoms with Crippen molar-refractivity contribution < 1.29 is 9.90 Å². The number of carbonyl (C=O) groups is 1. The summed E-state index contributed by atoms with van der Waals surface area (Å²) >= 11 is 1.51. The van der Waals surface area contributed by atoms with Gasteiger partial charge in [-0.3, -0.25) is 4.79 Å². The molecule has 2 heterocycles. The molecule has 0 amide bonds. The Morgan fingerprint density at radius 3 is 2.80 bits per heavy atom. The average molecular weight is 227 g/mol. The summed E-state index contributed by atoms with van der Waals surface area (Å²) in [4.78, 5) is 12.6. The Morgan fingerprint density at radius 1 is 1.40 bits per heavy atom. The Labute approximate surface area is 91.7 Å². The van der Waals surface area contributed by atoms with Gasteiger partial charge in [0.05, 0.1) is 6.42 Å². The first-order valence-electron chi connectivity index (χ1n) is 5.05. The van der Waals surface area contributed by atoms with Crippen molar-refractivity contribution in [2.75, 3.05) is 18.0 Å². The Kier molecular flexibility index (Phi) is 3.15. The summed E-state index contributed by atoms with van der Waals surface area (Å²) in [7, 11) is 0. The van der Waals surface area contributed by atoms with Crippen molar-refractivity contribution in [2.24, 2.45) is 0 Å². The summed E-state index contributed by atoms with van der Waals surface area (Å²) in [5, 5.41) is 18.4. The van der Waals surface area contributed by atoms with Crippen LogP contribution in [0.2, 0.25) is 0 Å². The maximum absolute atomic E-state index is 10.4. The van der Waals surface area contributed by atoms with Crippen molar-refractivity contribution in [3.05, 3.63) is 5.01 Å². The molecular weight excluding hydrogens is 214 g/mol. The molecule has 15 heavy (non-hydrogen) atoms. The van der Waals surface area contributed by atoms with E-state index in [0.29, 0.717) is 6.42 Å². The van der Waals surface area contributed by atoms with Gasteiger partial charge in [-0.15, -0.1) is 10.2 Å². The molecule has 2 rings (SSSR count). The zero-order chi connectivity index (χ0) is 10.7. The molecule has 1 N–H and O–H groups in total. The highest BCUT2D eigenvalue weighted by atomic mass is 32.1. The van der Waals surface area contributed by atoms with Crippen LogP contribution in [0.3, 0.4) is 0 Å². The van der Waals surface area contributed by atoms with E-state index in [9.17, 15) is 4.79 Å². The number of aliphatic carboxylic acids is 1. The molecule has 0 spiro atoms. The number of anilines is 1. The molecule has 0 radical (unpaired) electrons. The number of nitrogens with zero attached hydrogens (tertiary/aromatic N) is 3. The fourth-order valence-corrected chi connectivity index (χ4v) is 2.49. The van der Waals surface area contributed by atoms with Gasteiger partial charge in [-0.25, -0.2) is 0 Å². The average Bonchev–Trinajstić information content (AvgIpc) is 2.85. The summed E-state index contributed by atoms with van der Waals surface area (Å²) < 4.78 is 0. The summed E-state index contributed by atoms with van der Waals surface area (Å²) in [6, 6.07) is 0. The first kappa shape index (κ1) is 10.4. The standard InChI is InChI=1S/C9H13N3O2S/c13-8(14)4-3-7-10-11-9(15-7)12-5-1-2-6-12/h1-6H2,(H,13,14). The van der Waals surface area contributed by atoms with Crippen LogP contribution >= 0.6 is 11.3 Å². The molecule has 1 aromatic heterocycles. The van der Waals surface area contributed by atoms with Gasteiger partial charge in [0.25, 0.3) is 0 Å². The van der Waals surface area contributed by atoms with Gasteiger partial charge >= 0.3 is 5.97 Å². The molecule has 1 aromatic rings. The Morgan fingerprint density at radius 2 is 2.13 bits per heavy atom. The number of aromatic nitrogens is 2. The number of hydrogen-bond donors (Lipinski definition) is 1. The van der Waals surface area contributed by atoms with E-state index in [4.69, 9.17) is 5.11 Å². The molecule has 0 bridgehead atoms. The molecule has 82 valence electrons. The molecule has 0 unspecified atom stereocenters. The van der Waals surface area contributed by atoms with Gasteiger partial charge < -0.3 is 10.0 Å². The van der Waals surface area contributed by atoms with Crippen LogP contribution in [0, 0.1) is 0 Å². The molecule has 0 aromatic carbocycles.